The van der Waals surface area contributed by atoms with Crippen LogP contribution in [0.25, 0.3) is 78.1 Å². The van der Waals surface area contributed by atoms with Gasteiger partial charge in [0.2, 0.25) is 0 Å². The molecule has 2 heteroatoms. The summed E-state index contributed by atoms with van der Waals surface area (Å²) >= 11 is 0. The standard InChI is InChI=1S/C47H34N2/c1-47(2)42-20-12-11-19-39(42)40-26-25-35(29-43(40)47)36-27-28-41(38-18-10-9-17-37(36)38)45-30-44(33-15-7-4-8-16-33)48-46(49-45)34-23-21-32(22-24-34)31-13-5-3-6-14-31/h3-30H,1-2H3. The zero-order valence-electron chi connectivity index (χ0n) is 27.6. The molecule has 0 bridgehead atoms. The minimum atomic E-state index is -0.0534. The quantitative estimate of drug-likeness (QED) is 0.190. The summed E-state index contributed by atoms with van der Waals surface area (Å²) in [6.45, 7) is 4.68. The molecule has 0 radical (unpaired) electrons. The van der Waals surface area contributed by atoms with E-state index in [1.54, 1.807) is 0 Å². The van der Waals surface area contributed by atoms with Gasteiger partial charge in [0, 0.05) is 22.1 Å². The Labute approximate surface area is 287 Å². The Morgan fingerprint density at radius 2 is 0.857 bits per heavy atom. The molecule has 0 fully saturated rings. The predicted molar refractivity (Wildman–Crippen MR) is 204 cm³/mol. The number of aromatic nitrogens is 2. The third kappa shape index (κ3) is 4.96. The molecule has 0 unspecified atom stereocenters. The van der Waals surface area contributed by atoms with Gasteiger partial charge < -0.3 is 0 Å². The first-order chi connectivity index (χ1) is 24.0. The summed E-state index contributed by atoms with van der Waals surface area (Å²) < 4.78 is 0. The van der Waals surface area contributed by atoms with Gasteiger partial charge in [-0.1, -0.05) is 172 Å². The molecule has 0 atom stereocenters. The van der Waals surface area contributed by atoms with Crippen molar-refractivity contribution in [3.63, 3.8) is 0 Å². The van der Waals surface area contributed by atoms with Gasteiger partial charge in [-0.25, -0.2) is 9.97 Å². The van der Waals surface area contributed by atoms with Crippen LogP contribution in [0.15, 0.2) is 170 Å². The number of fused-ring (bicyclic) bond motifs is 4. The minimum absolute atomic E-state index is 0.0534. The van der Waals surface area contributed by atoms with Gasteiger partial charge in [-0.3, -0.25) is 0 Å². The molecular formula is C47H34N2. The van der Waals surface area contributed by atoms with E-state index in [-0.39, 0.29) is 5.41 Å². The fourth-order valence-electron chi connectivity index (χ4n) is 7.56. The zero-order chi connectivity index (χ0) is 33.0. The monoisotopic (exact) mass is 626 g/mol. The summed E-state index contributed by atoms with van der Waals surface area (Å²) in [7, 11) is 0. The topological polar surface area (TPSA) is 25.8 Å². The van der Waals surface area contributed by atoms with E-state index in [1.165, 1.54) is 55.3 Å². The average Bonchev–Trinajstić information content (AvgIpc) is 3.40. The van der Waals surface area contributed by atoms with Crippen molar-refractivity contribution < 1.29 is 0 Å². The van der Waals surface area contributed by atoms with Crippen molar-refractivity contribution in [3.05, 3.63) is 181 Å². The van der Waals surface area contributed by atoms with Gasteiger partial charge in [0.05, 0.1) is 11.4 Å². The summed E-state index contributed by atoms with van der Waals surface area (Å²) in [6, 6.07) is 60.6. The van der Waals surface area contributed by atoms with Crippen molar-refractivity contribution in [1.82, 2.24) is 9.97 Å². The summed E-state index contributed by atoms with van der Waals surface area (Å²) in [5, 5.41) is 2.38. The van der Waals surface area contributed by atoms with Gasteiger partial charge in [0.25, 0.3) is 0 Å². The molecule has 0 amide bonds. The first kappa shape index (κ1) is 29.1. The Morgan fingerprint density at radius 1 is 0.347 bits per heavy atom. The largest absolute Gasteiger partial charge is 0.228 e. The molecule has 2 nitrogen and oxygen atoms in total. The number of hydrogen-bond donors (Lipinski definition) is 0. The smallest absolute Gasteiger partial charge is 0.160 e. The first-order valence-corrected chi connectivity index (χ1v) is 16.9. The van der Waals surface area contributed by atoms with Crippen LogP contribution in [0.4, 0.5) is 0 Å². The van der Waals surface area contributed by atoms with E-state index in [0.29, 0.717) is 5.82 Å². The molecule has 49 heavy (non-hydrogen) atoms. The molecule has 0 N–H and O–H groups in total. The molecule has 8 aromatic rings. The van der Waals surface area contributed by atoms with Gasteiger partial charge in [-0.2, -0.15) is 0 Å². The summed E-state index contributed by atoms with van der Waals surface area (Å²) in [5.41, 5.74) is 15.2. The first-order valence-electron chi connectivity index (χ1n) is 16.9. The van der Waals surface area contributed by atoms with Crippen LogP contribution in [0.5, 0.6) is 0 Å². The lowest BCUT2D eigenvalue weighted by Gasteiger charge is -2.22. The zero-order valence-corrected chi connectivity index (χ0v) is 27.6. The SMILES string of the molecule is CC1(C)c2ccccc2-c2ccc(-c3ccc(-c4cc(-c5ccccc5)nc(-c5ccc(-c6ccccc6)cc5)n4)c4ccccc34)cc21. The maximum absolute atomic E-state index is 5.23. The maximum Gasteiger partial charge on any atom is 0.160 e. The second-order valence-electron chi connectivity index (χ2n) is 13.4. The molecule has 1 heterocycles. The highest BCUT2D eigenvalue weighted by Gasteiger charge is 2.35. The molecule has 1 aliphatic rings. The second kappa shape index (κ2) is 11.5. The van der Waals surface area contributed by atoms with Crippen molar-refractivity contribution in [2.75, 3.05) is 0 Å². The third-order valence-electron chi connectivity index (χ3n) is 10.1. The van der Waals surface area contributed by atoms with E-state index in [9.17, 15) is 0 Å². The predicted octanol–water partition coefficient (Wildman–Crippen LogP) is 12.3. The lowest BCUT2D eigenvalue weighted by Crippen LogP contribution is -2.14. The number of rotatable bonds is 5. The van der Waals surface area contributed by atoms with Crippen LogP contribution >= 0.6 is 0 Å². The molecule has 0 aliphatic heterocycles. The van der Waals surface area contributed by atoms with E-state index >= 15 is 0 Å². The van der Waals surface area contributed by atoms with E-state index in [2.05, 4.69) is 172 Å². The van der Waals surface area contributed by atoms with Gasteiger partial charge in [0.1, 0.15) is 0 Å². The van der Waals surface area contributed by atoms with Crippen LogP contribution in [-0.4, -0.2) is 9.97 Å². The summed E-state index contributed by atoms with van der Waals surface area (Å²) in [6.07, 6.45) is 0. The molecule has 232 valence electrons. The van der Waals surface area contributed by atoms with Gasteiger partial charge in [-0.15, -0.1) is 0 Å². The molecule has 0 spiro atoms. The molecule has 0 saturated heterocycles. The number of benzene rings is 7. The normalized spacial score (nSPS) is 12.9. The van der Waals surface area contributed by atoms with E-state index in [4.69, 9.17) is 9.97 Å². The van der Waals surface area contributed by atoms with Crippen LogP contribution in [0.2, 0.25) is 0 Å². The Balaban J connectivity index is 1.18. The third-order valence-corrected chi connectivity index (χ3v) is 10.1. The highest BCUT2D eigenvalue weighted by atomic mass is 14.9. The highest BCUT2D eigenvalue weighted by molar-refractivity contribution is 6.05. The highest BCUT2D eigenvalue weighted by Crippen LogP contribution is 2.50. The average molecular weight is 627 g/mol. The molecule has 1 aliphatic carbocycles. The lowest BCUT2D eigenvalue weighted by atomic mass is 9.81. The molecule has 1 aromatic heterocycles. The summed E-state index contributed by atoms with van der Waals surface area (Å²) in [5.74, 6) is 0.713. The van der Waals surface area contributed by atoms with Crippen LogP contribution in [-0.2, 0) is 5.41 Å². The Hall–Kier alpha value is -6.12. The van der Waals surface area contributed by atoms with Crippen LogP contribution < -0.4 is 0 Å². The Morgan fingerprint density at radius 3 is 1.61 bits per heavy atom. The van der Waals surface area contributed by atoms with E-state index in [1.807, 2.05) is 12.1 Å². The minimum Gasteiger partial charge on any atom is -0.228 e. The van der Waals surface area contributed by atoms with Gasteiger partial charge in [0.15, 0.2) is 5.82 Å². The maximum atomic E-state index is 5.23. The van der Waals surface area contributed by atoms with E-state index < -0.39 is 0 Å². The van der Waals surface area contributed by atoms with Crippen molar-refractivity contribution in [3.8, 4) is 67.3 Å². The summed E-state index contributed by atoms with van der Waals surface area (Å²) in [4.78, 5) is 10.3. The molecule has 7 aromatic carbocycles. The van der Waals surface area contributed by atoms with Crippen LogP contribution in [0.3, 0.4) is 0 Å². The van der Waals surface area contributed by atoms with Crippen molar-refractivity contribution in [1.29, 1.82) is 0 Å². The lowest BCUT2D eigenvalue weighted by molar-refractivity contribution is 0.660. The van der Waals surface area contributed by atoms with Crippen LogP contribution in [0.1, 0.15) is 25.0 Å². The molecule has 0 saturated carbocycles. The van der Waals surface area contributed by atoms with Crippen LogP contribution in [0, 0.1) is 0 Å². The molecule has 9 rings (SSSR count). The van der Waals surface area contributed by atoms with Crippen molar-refractivity contribution in [2.24, 2.45) is 0 Å². The van der Waals surface area contributed by atoms with Gasteiger partial charge >= 0.3 is 0 Å². The second-order valence-corrected chi connectivity index (χ2v) is 13.4. The molecular weight excluding hydrogens is 593 g/mol. The van der Waals surface area contributed by atoms with Gasteiger partial charge in [-0.05, 0) is 67.4 Å². The van der Waals surface area contributed by atoms with E-state index in [0.717, 1.165) is 28.1 Å². The number of hydrogen-bond acceptors (Lipinski definition) is 2. The Bertz CT molecular complexity index is 2490. The van der Waals surface area contributed by atoms with Crippen molar-refractivity contribution in [2.45, 2.75) is 19.3 Å². The fraction of sp³-hybridized carbons (Fsp3) is 0.0638. The Kier molecular flexibility index (Phi) is 6.84. The fourth-order valence-corrected chi connectivity index (χ4v) is 7.56. The number of nitrogens with zero attached hydrogens (tertiary/aromatic N) is 2. The van der Waals surface area contributed by atoms with Crippen molar-refractivity contribution >= 4 is 10.8 Å².